The van der Waals surface area contributed by atoms with Gasteiger partial charge in [0.05, 0.1) is 12.6 Å². The van der Waals surface area contributed by atoms with Crippen molar-refractivity contribution in [1.29, 1.82) is 0 Å². The number of rotatable bonds is 7. The number of nitrogens with zero attached hydrogens (tertiary/aromatic N) is 1. The van der Waals surface area contributed by atoms with Crippen LogP contribution in [0.4, 0.5) is 0 Å². The minimum atomic E-state index is -0.321. The zero-order chi connectivity index (χ0) is 14.5. The van der Waals surface area contributed by atoms with Gasteiger partial charge in [-0.3, -0.25) is 0 Å². The molecule has 0 heterocycles. The van der Waals surface area contributed by atoms with Crippen molar-refractivity contribution < 1.29 is 4.74 Å². The molecule has 0 radical (unpaired) electrons. The molecular weight excluding hydrogens is 236 g/mol. The average Bonchev–Trinajstić information content (AvgIpc) is 2.44. The molecule has 0 spiro atoms. The minimum absolute atomic E-state index is 0.321. The number of methoxy groups -OCH3 is 1. The van der Waals surface area contributed by atoms with Crippen LogP contribution in [0.15, 0.2) is 24.3 Å². The van der Waals surface area contributed by atoms with Crippen LogP contribution in [0.5, 0.6) is 5.75 Å². The predicted octanol–water partition coefficient (Wildman–Crippen LogP) is 2.85. The van der Waals surface area contributed by atoms with Gasteiger partial charge >= 0.3 is 0 Å². The first-order valence-corrected chi connectivity index (χ1v) is 7.13. The van der Waals surface area contributed by atoms with Gasteiger partial charge in [-0.2, -0.15) is 0 Å². The van der Waals surface area contributed by atoms with E-state index in [9.17, 15) is 0 Å². The summed E-state index contributed by atoms with van der Waals surface area (Å²) in [6.07, 6.45) is 0. The van der Waals surface area contributed by atoms with Gasteiger partial charge in [-0.1, -0.05) is 39.8 Å². The molecule has 0 amide bonds. The number of ether oxygens (including phenoxy) is 1. The summed E-state index contributed by atoms with van der Waals surface area (Å²) < 4.78 is 5.21. The fourth-order valence-corrected chi connectivity index (χ4v) is 2.33. The molecule has 0 aliphatic rings. The second-order valence-corrected chi connectivity index (χ2v) is 5.38. The highest BCUT2D eigenvalue weighted by Crippen LogP contribution is 2.29. The second kappa shape index (κ2) is 6.92. The predicted molar refractivity (Wildman–Crippen MR) is 81.5 cm³/mol. The number of hydrogen-bond acceptors (Lipinski definition) is 3. The summed E-state index contributed by atoms with van der Waals surface area (Å²) in [5, 5.41) is 0. The highest BCUT2D eigenvalue weighted by atomic mass is 16.5. The van der Waals surface area contributed by atoms with Crippen molar-refractivity contribution in [2.75, 3.05) is 26.7 Å². The Balaban J connectivity index is 3.03. The molecule has 2 N–H and O–H groups in total. The monoisotopic (exact) mass is 264 g/mol. The van der Waals surface area contributed by atoms with Crippen molar-refractivity contribution in [2.24, 2.45) is 11.7 Å². The molecule has 0 bridgehead atoms. The van der Waals surface area contributed by atoms with Crippen LogP contribution in [0.2, 0.25) is 0 Å². The summed E-state index contributed by atoms with van der Waals surface area (Å²) in [7, 11) is 1.68. The molecule has 1 atom stereocenters. The standard InChI is InChI=1S/C16H28N2O/c1-6-18(7-2)12-16(17,13(3)4)14-8-10-15(19-5)11-9-14/h8-11,13H,6-7,12,17H2,1-5H3. The molecule has 3 nitrogen and oxygen atoms in total. The molecular formula is C16H28N2O. The van der Waals surface area contributed by atoms with Crippen LogP contribution >= 0.6 is 0 Å². The first-order valence-electron chi connectivity index (χ1n) is 7.13. The molecule has 3 heteroatoms. The first kappa shape index (κ1) is 16.0. The Morgan fingerprint density at radius 1 is 1.16 bits per heavy atom. The third kappa shape index (κ3) is 3.71. The average molecular weight is 264 g/mol. The molecule has 0 aliphatic carbocycles. The molecule has 1 unspecified atom stereocenters. The van der Waals surface area contributed by atoms with Crippen molar-refractivity contribution in [3.63, 3.8) is 0 Å². The Labute approximate surface area is 117 Å². The van der Waals surface area contributed by atoms with E-state index in [2.05, 4.69) is 44.7 Å². The van der Waals surface area contributed by atoms with E-state index in [-0.39, 0.29) is 5.54 Å². The number of nitrogens with two attached hydrogens (primary N) is 1. The van der Waals surface area contributed by atoms with Crippen molar-refractivity contribution in [1.82, 2.24) is 4.90 Å². The molecule has 1 aromatic rings. The first-order chi connectivity index (χ1) is 8.97. The van der Waals surface area contributed by atoms with Gasteiger partial charge in [0.2, 0.25) is 0 Å². The van der Waals surface area contributed by atoms with Crippen LogP contribution in [0.3, 0.4) is 0 Å². The van der Waals surface area contributed by atoms with E-state index < -0.39 is 0 Å². The Morgan fingerprint density at radius 3 is 2.05 bits per heavy atom. The van der Waals surface area contributed by atoms with E-state index >= 15 is 0 Å². The lowest BCUT2D eigenvalue weighted by Gasteiger charge is -2.38. The summed E-state index contributed by atoms with van der Waals surface area (Å²) in [5.74, 6) is 1.25. The van der Waals surface area contributed by atoms with Gasteiger partial charge in [0, 0.05) is 6.54 Å². The van der Waals surface area contributed by atoms with E-state index in [1.807, 2.05) is 12.1 Å². The van der Waals surface area contributed by atoms with Gasteiger partial charge in [-0.15, -0.1) is 0 Å². The third-order valence-electron chi connectivity index (χ3n) is 4.04. The van der Waals surface area contributed by atoms with E-state index in [1.165, 1.54) is 5.56 Å². The van der Waals surface area contributed by atoms with Gasteiger partial charge in [-0.05, 0) is 36.7 Å². The molecule has 0 saturated heterocycles. The lowest BCUT2D eigenvalue weighted by atomic mass is 9.80. The smallest absolute Gasteiger partial charge is 0.118 e. The molecule has 1 rings (SSSR count). The van der Waals surface area contributed by atoms with E-state index in [0.717, 1.165) is 25.4 Å². The van der Waals surface area contributed by atoms with Crippen molar-refractivity contribution in [3.05, 3.63) is 29.8 Å². The largest absolute Gasteiger partial charge is 0.497 e. The number of likely N-dealkylation sites (N-methyl/N-ethyl adjacent to an activating group) is 1. The van der Waals surface area contributed by atoms with E-state index in [1.54, 1.807) is 7.11 Å². The van der Waals surface area contributed by atoms with E-state index in [4.69, 9.17) is 10.5 Å². The van der Waals surface area contributed by atoms with Crippen LogP contribution in [0, 0.1) is 5.92 Å². The third-order valence-corrected chi connectivity index (χ3v) is 4.04. The van der Waals surface area contributed by atoms with Crippen LogP contribution in [0.25, 0.3) is 0 Å². The van der Waals surface area contributed by atoms with Crippen molar-refractivity contribution in [2.45, 2.75) is 33.2 Å². The number of hydrogen-bond donors (Lipinski definition) is 1. The Kier molecular flexibility index (Phi) is 5.83. The minimum Gasteiger partial charge on any atom is -0.497 e. The van der Waals surface area contributed by atoms with Crippen LogP contribution in [-0.2, 0) is 5.54 Å². The van der Waals surface area contributed by atoms with Gasteiger partial charge in [-0.25, -0.2) is 0 Å². The maximum atomic E-state index is 6.72. The van der Waals surface area contributed by atoms with E-state index in [0.29, 0.717) is 5.92 Å². The van der Waals surface area contributed by atoms with Gasteiger partial charge < -0.3 is 15.4 Å². The molecule has 0 aliphatic heterocycles. The number of benzene rings is 1. The van der Waals surface area contributed by atoms with Gasteiger partial charge in [0.1, 0.15) is 5.75 Å². The Hall–Kier alpha value is -1.06. The summed E-state index contributed by atoms with van der Waals surface area (Å²) in [6.45, 7) is 11.7. The Bertz CT molecular complexity index is 371. The fourth-order valence-electron chi connectivity index (χ4n) is 2.33. The molecule has 19 heavy (non-hydrogen) atoms. The lowest BCUT2D eigenvalue weighted by molar-refractivity contribution is 0.184. The highest BCUT2D eigenvalue weighted by Gasteiger charge is 2.32. The molecule has 108 valence electrons. The molecule has 0 fully saturated rings. The fraction of sp³-hybridized carbons (Fsp3) is 0.625. The lowest BCUT2D eigenvalue weighted by Crippen LogP contribution is -2.51. The summed E-state index contributed by atoms with van der Waals surface area (Å²) in [4.78, 5) is 2.38. The maximum absolute atomic E-state index is 6.72. The Morgan fingerprint density at radius 2 is 1.68 bits per heavy atom. The molecule has 0 saturated carbocycles. The normalized spacial score (nSPS) is 14.7. The molecule has 0 aromatic heterocycles. The summed E-state index contributed by atoms with van der Waals surface area (Å²) in [6, 6.07) is 8.15. The van der Waals surface area contributed by atoms with Gasteiger partial charge in [0.15, 0.2) is 0 Å². The summed E-state index contributed by atoms with van der Waals surface area (Å²) >= 11 is 0. The maximum Gasteiger partial charge on any atom is 0.118 e. The quantitative estimate of drug-likeness (QED) is 0.823. The van der Waals surface area contributed by atoms with Gasteiger partial charge in [0.25, 0.3) is 0 Å². The second-order valence-electron chi connectivity index (χ2n) is 5.38. The zero-order valence-electron chi connectivity index (χ0n) is 12.9. The topological polar surface area (TPSA) is 38.5 Å². The van der Waals surface area contributed by atoms with Crippen LogP contribution in [-0.4, -0.2) is 31.6 Å². The van der Waals surface area contributed by atoms with Crippen molar-refractivity contribution in [3.8, 4) is 5.75 Å². The van der Waals surface area contributed by atoms with Crippen LogP contribution < -0.4 is 10.5 Å². The SMILES string of the molecule is CCN(CC)CC(N)(c1ccc(OC)cc1)C(C)C. The zero-order valence-corrected chi connectivity index (χ0v) is 12.9. The summed E-state index contributed by atoms with van der Waals surface area (Å²) in [5.41, 5.74) is 7.58. The van der Waals surface area contributed by atoms with Crippen molar-refractivity contribution >= 4 is 0 Å². The molecule has 1 aromatic carbocycles. The van der Waals surface area contributed by atoms with Crippen LogP contribution in [0.1, 0.15) is 33.3 Å². The highest BCUT2D eigenvalue weighted by molar-refractivity contribution is 5.32.